The Morgan fingerprint density at radius 1 is 1.29 bits per heavy atom. The highest BCUT2D eigenvalue weighted by Gasteiger charge is 2.07. The van der Waals surface area contributed by atoms with Crippen molar-refractivity contribution in [3.63, 3.8) is 0 Å². The molecule has 0 radical (unpaired) electrons. The van der Waals surface area contributed by atoms with E-state index in [1.54, 1.807) is 0 Å². The molecule has 3 heteroatoms. The van der Waals surface area contributed by atoms with Crippen molar-refractivity contribution in [1.82, 2.24) is 15.1 Å². The van der Waals surface area contributed by atoms with Crippen molar-refractivity contribution in [2.75, 3.05) is 0 Å². The van der Waals surface area contributed by atoms with E-state index in [4.69, 9.17) is 0 Å². The highest BCUT2D eigenvalue weighted by molar-refractivity contribution is 5.28. The third-order valence-corrected chi connectivity index (χ3v) is 3.17. The molecule has 0 fully saturated rings. The van der Waals surface area contributed by atoms with Crippen LogP contribution in [0.4, 0.5) is 0 Å². The molecule has 1 N–H and O–H groups in total. The maximum atomic E-state index is 4.16. The molecular weight excluding hydrogens is 210 g/mol. The lowest BCUT2D eigenvalue weighted by Crippen LogP contribution is -2.20. The monoisotopic (exact) mass is 229 g/mol. The fourth-order valence-corrected chi connectivity index (χ4v) is 2.01. The summed E-state index contributed by atoms with van der Waals surface area (Å²) in [7, 11) is 1.97. The molecule has 0 saturated carbocycles. The van der Waals surface area contributed by atoms with E-state index >= 15 is 0 Å². The summed E-state index contributed by atoms with van der Waals surface area (Å²) in [4.78, 5) is 0. The van der Waals surface area contributed by atoms with Gasteiger partial charge in [0.15, 0.2) is 0 Å². The van der Waals surface area contributed by atoms with Crippen molar-refractivity contribution in [1.29, 1.82) is 0 Å². The van der Waals surface area contributed by atoms with Gasteiger partial charge in [0.2, 0.25) is 0 Å². The van der Waals surface area contributed by atoms with Crippen molar-refractivity contribution >= 4 is 0 Å². The maximum Gasteiger partial charge on any atom is 0.0518 e. The molecule has 17 heavy (non-hydrogen) atoms. The third-order valence-electron chi connectivity index (χ3n) is 3.17. The van der Waals surface area contributed by atoms with E-state index in [0.29, 0.717) is 6.04 Å². The minimum Gasteiger partial charge on any atom is -0.305 e. The van der Waals surface area contributed by atoms with Gasteiger partial charge in [-0.25, -0.2) is 0 Å². The third kappa shape index (κ3) is 2.74. The molecule has 0 spiro atoms. The van der Waals surface area contributed by atoms with Crippen LogP contribution in [0, 0.1) is 6.92 Å². The molecule has 0 unspecified atom stereocenters. The second kappa shape index (κ2) is 5.15. The first kappa shape index (κ1) is 11.9. The van der Waals surface area contributed by atoms with Gasteiger partial charge in [-0.1, -0.05) is 24.3 Å². The zero-order valence-corrected chi connectivity index (χ0v) is 10.6. The van der Waals surface area contributed by atoms with E-state index in [1.165, 1.54) is 16.8 Å². The van der Waals surface area contributed by atoms with Crippen LogP contribution in [0.2, 0.25) is 0 Å². The minimum atomic E-state index is 0.353. The van der Waals surface area contributed by atoms with E-state index in [2.05, 4.69) is 48.5 Å². The van der Waals surface area contributed by atoms with Crippen LogP contribution in [0.1, 0.15) is 29.8 Å². The van der Waals surface area contributed by atoms with Gasteiger partial charge in [-0.3, -0.25) is 4.68 Å². The van der Waals surface area contributed by atoms with Crippen molar-refractivity contribution in [2.45, 2.75) is 26.4 Å². The highest BCUT2D eigenvalue weighted by atomic mass is 15.3. The van der Waals surface area contributed by atoms with Crippen LogP contribution in [0.5, 0.6) is 0 Å². The van der Waals surface area contributed by atoms with Crippen molar-refractivity contribution < 1.29 is 0 Å². The zero-order valence-electron chi connectivity index (χ0n) is 10.6. The van der Waals surface area contributed by atoms with E-state index in [0.717, 1.165) is 6.54 Å². The predicted molar refractivity (Wildman–Crippen MR) is 69.6 cm³/mol. The number of nitrogens with one attached hydrogen (secondary N) is 1. The lowest BCUT2D eigenvalue weighted by atomic mass is 10.0. The Kier molecular flexibility index (Phi) is 3.59. The molecule has 0 aliphatic carbocycles. The van der Waals surface area contributed by atoms with Gasteiger partial charge in [-0.05, 0) is 31.0 Å². The fraction of sp³-hybridized carbons (Fsp3) is 0.357. The summed E-state index contributed by atoms with van der Waals surface area (Å²) in [6.07, 6.45) is 1.83. The van der Waals surface area contributed by atoms with Gasteiger partial charge in [-0.15, -0.1) is 0 Å². The summed E-state index contributed by atoms with van der Waals surface area (Å²) in [6.45, 7) is 5.18. The standard InChI is InChI=1S/C14H19N3/c1-11-6-4-5-7-14(11)12(2)15-10-13-8-9-16-17(13)3/h4-9,12,15H,10H2,1-3H3/t12-/m0/s1. The lowest BCUT2D eigenvalue weighted by molar-refractivity contribution is 0.546. The fourth-order valence-electron chi connectivity index (χ4n) is 2.01. The number of benzene rings is 1. The van der Waals surface area contributed by atoms with Crippen LogP contribution in [0.3, 0.4) is 0 Å². The van der Waals surface area contributed by atoms with Crippen LogP contribution < -0.4 is 5.32 Å². The maximum absolute atomic E-state index is 4.16. The van der Waals surface area contributed by atoms with Crippen molar-refractivity contribution in [3.8, 4) is 0 Å². The summed E-state index contributed by atoms with van der Waals surface area (Å²) < 4.78 is 1.90. The van der Waals surface area contributed by atoms with Crippen LogP contribution in [-0.2, 0) is 13.6 Å². The highest BCUT2D eigenvalue weighted by Crippen LogP contribution is 2.16. The zero-order chi connectivity index (χ0) is 12.3. The Morgan fingerprint density at radius 2 is 2.06 bits per heavy atom. The molecule has 0 saturated heterocycles. The van der Waals surface area contributed by atoms with E-state index in [-0.39, 0.29) is 0 Å². The summed E-state index contributed by atoms with van der Waals surface area (Å²) in [5.74, 6) is 0. The Balaban J connectivity index is 2.01. The van der Waals surface area contributed by atoms with Crippen LogP contribution in [0.25, 0.3) is 0 Å². The molecule has 0 bridgehead atoms. The predicted octanol–water partition coefficient (Wildman–Crippen LogP) is 2.58. The molecule has 1 heterocycles. The topological polar surface area (TPSA) is 29.9 Å². The first-order chi connectivity index (χ1) is 8.18. The Morgan fingerprint density at radius 3 is 2.71 bits per heavy atom. The van der Waals surface area contributed by atoms with E-state index in [9.17, 15) is 0 Å². The van der Waals surface area contributed by atoms with E-state index in [1.807, 2.05) is 24.0 Å². The van der Waals surface area contributed by atoms with Gasteiger partial charge in [0.25, 0.3) is 0 Å². The molecule has 1 aromatic carbocycles. The summed E-state index contributed by atoms with van der Waals surface area (Å²) in [5.41, 5.74) is 3.89. The molecule has 3 nitrogen and oxygen atoms in total. The lowest BCUT2D eigenvalue weighted by Gasteiger charge is -2.16. The second-order valence-electron chi connectivity index (χ2n) is 4.41. The van der Waals surface area contributed by atoms with Crippen LogP contribution in [0.15, 0.2) is 36.5 Å². The number of aromatic nitrogens is 2. The molecule has 1 atom stereocenters. The van der Waals surface area contributed by atoms with Crippen LogP contribution >= 0.6 is 0 Å². The van der Waals surface area contributed by atoms with Gasteiger partial charge >= 0.3 is 0 Å². The van der Waals surface area contributed by atoms with E-state index < -0.39 is 0 Å². The summed E-state index contributed by atoms with van der Waals surface area (Å²) in [5, 5.41) is 7.68. The van der Waals surface area contributed by atoms with Gasteiger partial charge in [0, 0.05) is 25.8 Å². The number of hydrogen-bond acceptors (Lipinski definition) is 2. The SMILES string of the molecule is Cc1ccccc1[C@H](C)NCc1ccnn1C. The molecule has 0 amide bonds. The van der Waals surface area contributed by atoms with Gasteiger partial charge in [-0.2, -0.15) is 5.10 Å². The number of nitrogens with zero attached hydrogens (tertiary/aromatic N) is 2. The molecule has 90 valence electrons. The molecule has 2 aromatic rings. The smallest absolute Gasteiger partial charge is 0.0518 e. The molecular formula is C14H19N3. The molecule has 0 aliphatic rings. The number of rotatable bonds is 4. The van der Waals surface area contributed by atoms with Crippen molar-refractivity contribution in [3.05, 3.63) is 53.3 Å². The quantitative estimate of drug-likeness (QED) is 0.873. The first-order valence-electron chi connectivity index (χ1n) is 5.94. The molecule has 0 aliphatic heterocycles. The molecule has 2 rings (SSSR count). The minimum absolute atomic E-state index is 0.353. The normalized spacial score (nSPS) is 12.6. The number of aryl methyl sites for hydroxylation is 2. The average molecular weight is 229 g/mol. The average Bonchev–Trinajstić information content (AvgIpc) is 2.72. The number of hydrogen-bond donors (Lipinski definition) is 1. The summed E-state index contributed by atoms with van der Waals surface area (Å²) in [6, 6.07) is 10.9. The first-order valence-corrected chi connectivity index (χ1v) is 5.94. The largest absolute Gasteiger partial charge is 0.305 e. The Labute approximate surface area is 102 Å². The molecule has 1 aromatic heterocycles. The van der Waals surface area contributed by atoms with Gasteiger partial charge in [0.1, 0.15) is 0 Å². The Hall–Kier alpha value is -1.61. The Bertz CT molecular complexity index is 488. The second-order valence-corrected chi connectivity index (χ2v) is 4.41. The van der Waals surface area contributed by atoms with Crippen LogP contribution in [-0.4, -0.2) is 9.78 Å². The van der Waals surface area contributed by atoms with Crippen molar-refractivity contribution in [2.24, 2.45) is 7.05 Å². The van der Waals surface area contributed by atoms with Gasteiger partial charge < -0.3 is 5.32 Å². The van der Waals surface area contributed by atoms with Gasteiger partial charge in [0.05, 0.1) is 5.69 Å². The summed E-state index contributed by atoms with van der Waals surface area (Å²) >= 11 is 0.